The van der Waals surface area contributed by atoms with Crippen LogP contribution >= 0.6 is 27.3 Å². The molecule has 1 aromatic rings. The van der Waals surface area contributed by atoms with Crippen LogP contribution in [0, 0.1) is 11.8 Å². The van der Waals surface area contributed by atoms with Gasteiger partial charge in [-0.3, -0.25) is 4.90 Å². The van der Waals surface area contributed by atoms with Gasteiger partial charge in [0.25, 0.3) is 0 Å². The minimum atomic E-state index is 0.641. The van der Waals surface area contributed by atoms with Gasteiger partial charge in [-0.1, -0.05) is 34.1 Å². The van der Waals surface area contributed by atoms with E-state index in [2.05, 4.69) is 66.0 Å². The second kappa shape index (κ2) is 8.09. The number of piperazine rings is 1. The summed E-state index contributed by atoms with van der Waals surface area (Å²) in [5.41, 5.74) is 0. The molecule has 3 unspecified atom stereocenters. The first-order chi connectivity index (χ1) is 9.99. The fourth-order valence-electron chi connectivity index (χ4n) is 3.16. The van der Waals surface area contributed by atoms with Crippen molar-refractivity contribution < 1.29 is 0 Å². The van der Waals surface area contributed by atoms with Crippen molar-refractivity contribution in [1.82, 2.24) is 10.2 Å². The SMILES string of the molecule is CCC(C)C1CN(Cc2ccc(Br)s2)C(CC(C)C)CN1. The fourth-order valence-corrected chi connectivity index (χ4v) is 4.66. The molecule has 0 radical (unpaired) electrons. The van der Waals surface area contributed by atoms with E-state index in [1.54, 1.807) is 0 Å². The Kier molecular flexibility index (Phi) is 6.73. The summed E-state index contributed by atoms with van der Waals surface area (Å²) in [5.74, 6) is 1.51. The Balaban J connectivity index is 2.04. The van der Waals surface area contributed by atoms with Crippen molar-refractivity contribution in [1.29, 1.82) is 0 Å². The van der Waals surface area contributed by atoms with Crippen LogP contribution in [0.15, 0.2) is 15.9 Å². The Morgan fingerprint density at radius 3 is 2.71 bits per heavy atom. The van der Waals surface area contributed by atoms with Gasteiger partial charge >= 0.3 is 0 Å². The molecule has 2 rings (SSSR count). The molecule has 2 nitrogen and oxygen atoms in total. The van der Waals surface area contributed by atoms with Crippen LogP contribution in [0.25, 0.3) is 0 Å². The lowest BCUT2D eigenvalue weighted by Crippen LogP contribution is -2.58. The van der Waals surface area contributed by atoms with E-state index in [9.17, 15) is 0 Å². The molecule has 0 aliphatic carbocycles. The van der Waals surface area contributed by atoms with Gasteiger partial charge in [0.05, 0.1) is 3.79 Å². The number of nitrogens with zero attached hydrogens (tertiary/aromatic N) is 1. The van der Waals surface area contributed by atoms with E-state index < -0.39 is 0 Å². The zero-order valence-electron chi connectivity index (χ0n) is 13.7. The van der Waals surface area contributed by atoms with Crippen molar-refractivity contribution in [3.8, 4) is 0 Å². The highest BCUT2D eigenvalue weighted by Gasteiger charge is 2.30. The van der Waals surface area contributed by atoms with Gasteiger partial charge < -0.3 is 5.32 Å². The van der Waals surface area contributed by atoms with E-state index in [4.69, 9.17) is 0 Å². The molecule has 1 fully saturated rings. The maximum atomic E-state index is 3.80. The molecule has 21 heavy (non-hydrogen) atoms. The highest BCUT2D eigenvalue weighted by atomic mass is 79.9. The first kappa shape index (κ1) is 17.5. The van der Waals surface area contributed by atoms with Gasteiger partial charge in [-0.15, -0.1) is 11.3 Å². The fraction of sp³-hybridized carbons (Fsp3) is 0.765. The average molecular weight is 373 g/mol. The third kappa shape index (κ3) is 5.05. The smallest absolute Gasteiger partial charge is 0.0701 e. The van der Waals surface area contributed by atoms with Crippen molar-refractivity contribution in [2.24, 2.45) is 11.8 Å². The third-order valence-electron chi connectivity index (χ3n) is 4.63. The largest absolute Gasteiger partial charge is 0.311 e. The summed E-state index contributed by atoms with van der Waals surface area (Å²) < 4.78 is 1.24. The predicted octanol–water partition coefficient (Wildman–Crippen LogP) is 4.75. The molecule has 3 atom stereocenters. The Bertz CT molecular complexity index is 432. The normalized spacial score (nSPS) is 25.4. The maximum Gasteiger partial charge on any atom is 0.0701 e. The van der Waals surface area contributed by atoms with Crippen LogP contribution in [-0.4, -0.2) is 30.1 Å². The summed E-state index contributed by atoms with van der Waals surface area (Å²) in [4.78, 5) is 4.19. The summed E-state index contributed by atoms with van der Waals surface area (Å²) in [6.45, 7) is 12.8. The Morgan fingerprint density at radius 1 is 1.38 bits per heavy atom. The van der Waals surface area contributed by atoms with Gasteiger partial charge in [0.2, 0.25) is 0 Å². The molecule has 0 spiro atoms. The molecule has 1 aliphatic rings. The highest BCUT2D eigenvalue weighted by Crippen LogP contribution is 2.27. The van der Waals surface area contributed by atoms with Gasteiger partial charge in [-0.2, -0.15) is 0 Å². The van der Waals surface area contributed by atoms with Crippen molar-refractivity contribution >= 4 is 27.3 Å². The van der Waals surface area contributed by atoms with E-state index >= 15 is 0 Å². The summed E-state index contributed by atoms with van der Waals surface area (Å²) in [6.07, 6.45) is 2.54. The quantitative estimate of drug-likeness (QED) is 0.775. The van der Waals surface area contributed by atoms with Gasteiger partial charge in [0, 0.05) is 36.6 Å². The Labute approximate surface area is 142 Å². The van der Waals surface area contributed by atoms with E-state index in [1.165, 1.54) is 28.0 Å². The third-order valence-corrected chi connectivity index (χ3v) is 6.23. The van der Waals surface area contributed by atoms with Crippen LogP contribution in [0.4, 0.5) is 0 Å². The maximum absolute atomic E-state index is 3.80. The zero-order valence-corrected chi connectivity index (χ0v) is 16.1. The van der Waals surface area contributed by atoms with Crippen LogP contribution in [0.2, 0.25) is 0 Å². The van der Waals surface area contributed by atoms with Crippen molar-refractivity contribution in [2.45, 2.75) is 59.2 Å². The summed E-state index contributed by atoms with van der Waals surface area (Å²) in [6, 6.07) is 5.75. The van der Waals surface area contributed by atoms with Gasteiger partial charge in [-0.25, -0.2) is 0 Å². The topological polar surface area (TPSA) is 15.3 Å². The lowest BCUT2D eigenvalue weighted by Gasteiger charge is -2.43. The van der Waals surface area contributed by atoms with E-state index in [-0.39, 0.29) is 0 Å². The van der Waals surface area contributed by atoms with Crippen molar-refractivity contribution in [3.63, 3.8) is 0 Å². The Hall–Kier alpha value is 0.1000. The molecule has 120 valence electrons. The van der Waals surface area contributed by atoms with Crippen LogP contribution < -0.4 is 5.32 Å². The minimum absolute atomic E-state index is 0.641. The first-order valence-corrected chi connectivity index (χ1v) is 9.82. The number of nitrogens with one attached hydrogen (secondary N) is 1. The van der Waals surface area contributed by atoms with Crippen LogP contribution in [0.5, 0.6) is 0 Å². The second-order valence-corrected chi connectivity index (χ2v) is 9.37. The molecular weight excluding hydrogens is 344 g/mol. The summed E-state index contributed by atoms with van der Waals surface area (Å²) >= 11 is 5.46. The molecule has 4 heteroatoms. The molecule has 1 N–H and O–H groups in total. The monoisotopic (exact) mass is 372 g/mol. The molecule has 1 aliphatic heterocycles. The number of rotatable bonds is 6. The molecule has 0 saturated carbocycles. The molecule has 0 bridgehead atoms. The Morgan fingerprint density at radius 2 is 2.14 bits per heavy atom. The minimum Gasteiger partial charge on any atom is -0.311 e. The van der Waals surface area contributed by atoms with Crippen LogP contribution in [-0.2, 0) is 6.54 Å². The van der Waals surface area contributed by atoms with Crippen molar-refractivity contribution in [2.75, 3.05) is 13.1 Å². The van der Waals surface area contributed by atoms with Crippen LogP contribution in [0.1, 0.15) is 45.4 Å². The molecule has 1 aromatic heterocycles. The number of hydrogen-bond donors (Lipinski definition) is 1. The van der Waals surface area contributed by atoms with Crippen LogP contribution in [0.3, 0.4) is 0 Å². The molecule has 0 amide bonds. The lowest BCUT2D eigenvalue weighted by atomic mass is 9.93. The zero-order chi connectivity index (χ0) is 15.4. The average Bonchev–Trinajstić information content (AvgIpc) is 2.84. The number of hydrogen-bond acceptors (Lipinski definition) is 3. The molecule has 2 heterocycles. The van der Waals surface area contributed by atoms with Gasteiger partial charge in [0.15, 0.2) is 0 Å². The number of halogens is 1. The van der Waals surface area contributed by atoms with E-state index in [0.717, 1.165) is 24.9 Å². The molecule has 0 aromatic carbocycles. The van der Waals surface area contributed by atoms with Gasteiger partial charge in [-0.05, 0) is 46.3 Å². The number of thiophene rings is 1. The molecule has 1 saturated heterocycles. The summed E-state index contributed by atoms with van der Waals surface area (Å²) in [7, 11) is 0. The van der Waals surface area contributed by atoms with Gasteiger partial charge in [0.1, 0.15) is 0 Å². The second-order valence-electron chi connectivity index (χ2n) is 6.82. The predicted molar refractivity (Wildman–Crippen MR) is 96.9 cm³/mol. The van der Waals surface area contributed by atoms with E-state index in [0.29, 0.717) is 12.1 Å². The standard InChI is InChI=1S/C17H29BrN2S/c1-5-13(4)16-11-20(10-15-6-7-17(18)21-15)14(9-19-16)8-12(2)3/h6-7,12-14,16,19H,5,8-11H2,1-4H3. The highest BCUT2D eigenvalue weighted by molar-refractivity contribution is 9.11. The lowest BCUT2D eigenvalue weighted by molar-refractivity contribution is 0.0899. The molecular formula is C17H29BrN2S. The van der Waals surface area contributed by atoms with E-state index in [1.807, 2.05) is 11.3 Å². The summed E-state index contributed by atoms with van der Waals surface area (Å²) in [5, 5.41) is 3.80. The first-order valence-electron chi connectivity index (χ1n) is 8.21. The van der Waals surface area contributed by atoms with Crippen molar-refractivity contribution in [3.05, 3.63) is 20.8 Å².